The highest BCUT2D eigenvalue weighted by molar-refractivity contribution is 6.00. The summed E-state index contributed by atoms with van der Waals surface area (Å²) in [6, 6.07) is 0. The molecule has 2 N–H and O–H groups in total. The number of esters is 1. The first kappa shape index (κ1) is 14.4. The number of rotatable bonds is 3. The topological polar surface area (TPSA) is 103 Å². The Morgan fingerprint density at radius 1 is 1.50 bits per heavy atom. The molecule has 1 amide bonds. The highest BCUT2D eigenvalue weighted by Crippen LogP contribution is 2.14. The first-order valence-electron chi connectivity index (χ1n) is 4.93. The Labute approximate surface area is 94.0 Å². The molecule has 0 aromatic heterocycles. The van der Waals surface area contributed by atoms with E-state index >= 15 is 0 Å². The minimum Gasteiger partial charge on any atom is -0.479 e. The highest BCUT2D eigenvalue weighted by atomic mass is 16.6. The summed E-state index contributed by atoms with van der Waals surface area (Å²) in [6.45, 7) is 6.54. The van der Waals surface area contributed by atoms with Gasteiger partial charge in [-0.2, -0.15) is 0 Å². The van der Waals surface area contributed by atoms with Gasteiger partial charge in [-0.05, 0) is 20.3 Å². The van der Waals surface area contributed by atoms with E-state index in [1.54, 1.807) is 6.92 Å². The van der Waals surface area contributed by atoms with E-state index in [9.17, 15) is 14.4 Å². The van der Waals surface area contributed by atoms with Gasteiger partial charge in [-0.15, -0.1) is 0 Å². The van der Waals surface area contributed by atoms with Crippen LogP contribution in [0.15, 0.2) is 0 Å². The number of carbonyl (C=O) groups is 3. The van der Waals surface area contributed by atoms with Gasteiger partial charge in [0.2, 0.25) is 5.91 Å². The van der Waals surface area contributed by atoms with E-state index in [0.717, 1.165) is 0 Å². The third kappa shape index (κ3) is 5.33. The Balaban J connectivity index is 0.000000315. The van der Waals surface area contributed by atoms with Gasteiger partial charge in [0.25, 0.3) is 0 Å². The van der Waals surface area contributed by atoms with E-state index in [2.05, 4.69) is 10.1 Å². The average molecular weight is 231 g/mol. The Kier molecular flexibility index (Phi) is 4.94. The maximum Gasteiger partial charge on any atom is 0.345 e. The number of amides is 1. The van der Waals surface area contributed by atoms with E-state index in [0.29, 0.717) is 6.42 Å². The lowest BCUT2D eigenvalue weighted by molar-refractivity contribution is -0.162. The quantitative estimate of drug-likeness (QED) is 0.537. The predicted octanol–water partition coefficient (Wildman–Crippen LogP) is 0.307. The number of hydrogen-bond donors (Lipinski definition) is 2. The van der Waals surface area contributed by atoms with Gasteiger partial charge < -0.3 is 15.2 Å². The second-order valence-corrected chi connectivity index (χ2v) is 3.92. The molecule has 0 spiro atoms. The van der Waals surface area contributed by atoms with Crippen molar-refractivity contribution in [1.82, 2.24) is 5.32 Å². The van der Waals surface area contributed by atoms with Gasteiger partial charge in [-0.1, -0.05) is 6.92 Å². The normalized spacial score (nSPS) is 17.4. The van der Waals surface area contributed by atoms with Crippen molar-refractivity contribution < 1.29 is 24.2 Å². The Morgan fingerprint density at radius 3 is 1.94 bits per heavy atom. The van der Waals surface area contributed by atoms with Gasteiger partial charge in [0.1, 0.15) is 5.54 Å². The molecule has 6 heteroatoms. The number of carboxylic acid groups (broad SMARTS) is 1. The zero-order chi connectivity index (χ0) is 12.9. The second kappa shape index (κ2) is 5.48. The highest BCUT2D eigenvalue weighted by Gasteiger charge is 2.43. The van der Waals surface area contributed by atoms with E-state index < -0.39 is 18.0 Å². The molecular weight excluding hydrogens is 214 g/mol. The van der Waals surface area contributed by atoms with Crippen LogP contribution in [0.25, 0.3) is 0 Å². The van der Waals surface area contributed by atoms with Crippen LogP contribution in [0.2, 0.25) is 0 Å². The molecule has 0 aromatic rings. The smallest absolute Gasteiger partial charge is 0.345 e. The number of carboxylic acids is 1. The zero-order valence-corrected chi connectivity index (χ0v) is 9.86. The van der Waals surface area contributed by atoms with Crippen LogP contribution >= 0.6 is 0 Å². The van der Waals surface area contributed by atoms with Crippen LogP contribution in [0.4, 0.5) is 0 Å². The fraction of sp³-hybridized carbons (Fsp3) is 0.700. The Morgan fingerprint density at radius 2 is 1.88 bits per heavy atom. The summed E-state index contributed by atoms with van der Waals surface area (Å²) in [6.07, 6.45) is -0.688. The predicted molar refractivity (Wildman–Crippen MR) is 55.7 cm³/mol. The molecule has 1 aliphatic heterocycles. The van der Waals surface area contributed by atoms with Gasteiger partial charge in [0.05, 0.1) is 0 Å². The van der Waals surface area contributed by atoms with Crippen molar-refractivity contribution in [2.75, 3.05) is 0 Å². The van der Waals surface area contributed by atoms with Crippen LogP contribution < -0.4 is 5.32 Å². The second-order valence-electron chi connectivity index (χ2n) is 3.92. The number of hydrogen-bond acceptors (Lipinski definition) is 4. The van der Waals surface area contributed by atoms with Crippen molar-refractivity contribution in [3.8, 4) is 0 Å². The lowest BCUT2D eigenvalue weighted by atomic mass is 10.2. The number of ether oxygens (including phenoxy) is 1. The van der Waals surface area contributed by atoms with Crippen LogP contribution in [0, 0.1) is 0 Å². The van der Waals surface area contributed by atoms with E-state index in [4.69, 9.17) is 5.11 Å². The molecule has 1 heterocycles. The Hall–Kier alpha value is -1.59. The molecule has 1 unspecified atom stereocenters. The summed E-state index contributed by atoms with van der Waals surface area (Å²) in [7, 11) is 0. The molecule has 0 radical (unpaired) electrons. The standard InChI is InChI=1S/C6H10O4.C4H7NO/c1-3-5(6(8)9)10-4(2)7;1-4(2)3(6)5-4/h5H,3H2,1-2H3,(H,8,9);1-2H3,(H,5,6). The third-order valence-corrected chi connectivity index (χ3v) is 1.89. The monoisotopic (exact) mass is 231 g/mol. The average Bonchev–Trinajstić information content (AvgIpc) is 2.67. The van der Waals surface area contributed by atoms with Crippen LogP contribution in [0.5, 0.6) is 0 Å². The van der Waals surface area contributed by atoms with Gasteiger partial charge in [0.15, 0.2) is 6.10 Å². The van der Waals surface area contributed by atoms with E-state index in [1.807, 2.05) is 13.8 Å². The lowest BCUT2D eigenvalue weighted by Crippen LogP contribution is -2.24. The third-order valence-electron chi connectivity index (χ3n) is 1.89. The molecule has 1 rings (SSSR count). The van der Waals surface area contributed by atoms with Crippen molar-refractivity contribution in [2.24, 2.45) is 0 Å². The van der Waals surface area contributed by atoms with Crippen LogP contribution in [0.1, 0.15) is 34.1 Å². The number of nitrogens with one attached hydrogen (secondary N) is 1. The molecule has 1 fully saturated rings. The molecular formula is C10H17NO5. The first-order chi connectivity index (χ1) is 7.20. The minimum absolute atomic E-state index is 0.155. The van der Waals surface area contributed by atoms with Crippen LogP contribution in [0.3, 0.4) is 0 Å². The molecule has 0 aromatic carbocycles. The number of carbonyl (C=O) groups excluding carboxylic acids is 2. The summed E-state index contributed by atoms with van der Waals surface area (Å²) in [5.41, 5.74) is -0.181. The van der Waals surface area contributed by atoms with Gasteiger partial charge in [-0.25, -0.2) is 4.79 Å². The molecule has 1 saturated heterocycles. The van der Waals surface area contributed by atoms with Crippen molar-refractivity contribution in [3.05, 3.63) is 0 Å². The molecule has 1 atom stereocenters. The summed E-state index contributed by atoms with van der Waals surface area (Å²) in [4.78, 5) is 30.5. The van der Waals surface area contributed by atoms with Gasteiger partial charge in [-0.3, -0.25) is 9.59 Å². The molecule has 92 valence electrons. The zero-order valence-electron chi connectivity index (χ0n) is 9.86. The van der Waals surface area contributed by atoms with Crippen LogP contribution in [-0.4, -0.2) is 34.6 Å². The first-order valence-corrected chi connectivity index (χ1v) is 4.93. The van der Waals surface area contributed by atoms with Crippen molar-refractivity contribution in [2.45, 2.75) is 45.8 Å². The van der Waals surface area contributed by atoms with Crippen molar-refractivity contribution >= 4 is 17.8 Å². The summed E-state index contributed by atoms with van der Waals surface area (Å²) < 4.78 is 4.42. The minimum atomic E-state index is -1.10. The molecule has 1 aliphatic rings. The lowest BCUT2D eigenvalue weighted by Gasteiger charge is -2.08. The number of aliphatic carboxylic acids is 1. The van der Waals surface area contributed by atoms with Gasteiger partial charge >= 0.3 is 11.9 Å². The molecule has 0 aliphatic carbocycles. The van der Waals surface area contributed by atoms with Crippen molar-refractivity contribution in [1.29, 1.82) is 0 Å². The molecule has 0 saturated carbocycles. The van der Waals surface area contributed by atoms with Gasteiger partial charge in [0, 0.05) is 6.92 Å². The largest absolute Gasteiger partial charge is 0.479 e. The maximum absolute atomic E-state index is 10.2. The summed E-state index contributed by atoms with van der Waals surface area (Å²) in [5.74, 6) is -1.51. The summed E-state index contributed by atoms with van der Waals surface area (Å²) >= 11 is 0. The van der Waals surface area contributed by atoms with Crippen LogP contribution in [-0.2, 0) is 19.1 Å². The van der Waals surface area contributed by atoms with Crippen molar-refractivity contribution in [3.63, 3.8) is 0 Å². The van der Waals surface area contributed by atoms with E-state index in [-0.39, 0.29) is 11.4 Å². The molecule has 16 heavy (non-hydrogen) atoms. The molecule has 0 bridgehead atoms. The SMILES string of the molecule is CC1(C)NC1=O.CCC(OC(C)=O)C(=O)O. The fourth-order valence-electron chi connectivity index (χ4n) is 0.761. The summed E-state index contributed by atoms with van der Waals surface area (Å²) in [5, 5.41) is 11.0. The fourth-order valence-corrected chi connectivity index (χ4v) is 0.761. The maximum atomic E-state index is 10.2. The molecule has 6 nitrogen and oxygen atoms in total. The Bertz CT molecular complexity index is 298. The van der Waals surface area contributed by atoms with E-state index in [1.165, 1.54) is 6.92 Å².